The number of hydrogen-bond donors (Lipinski definition) is 1. The summed E-state index contributed by atoms with van der Waals surface area (Å²) < 4.78 is 29.9. The summed E-state index contributed by atoms with van der Waals surface area (Å²) in [5.41, 5.74) is 0. The van der Waals surface area contributed by atoms with Gasteiger partial charge in [-0.25, -0.2) is 4.79 Å². The smallest absolute Gasteiger partial charge is 0.407 e. The molecule has 9 nitrogen and oxygen atoms in total. The molecule has 1 N–H and O–H groups in total. The fourth-order valence-electron chi connectivity index (χ4n) is 1.44. The van der Waals surface area contributed by atoms with E-state index in [0.717, 1.165) is 0 Å². The van der Waals surface area contributed by atoms with Gasteiger partial charge in [-0.3, -0.25) is 4.79 Å². The van der Waals surface area contributed by atoms with Gasteiger partial charge in [0, 0.05) is 20.1 Å². The van der Waals surface area contributed by atoms with Gasteiger partial charge < -0.3 is 33.7 Å². The van der Waals surface area contributed by atoms with Crippen molar-refractivity contribution in [3.8, 4) is 0 Å². The van der Waals surface area contributed by atoms with Crippen molar-refractivity contribution in [2.75, 3.05) is 73.6 Å². The molecule has 0 atom stereocenters. The molecule has 0 radical (unpaired) electrons. The van der Waals surface area contributed by atoms with Crippen LogP contribution in [-0.4, -0.2) is 91.6 Å². The molecule has 168 valence electrons. The first kappa shape index (κ1) is 28.9. The number of methoxy groups -OCH3 is 2. The number of alkyl carbamates (subject to hydrolysis) is 1. The normalized spacial score (nSPS) is 10.6. The average Bonchev–Trinajstić information content (AvgIpc) is 2.65. The summed E-state index contributed by atoms with van der Waals surface area (Å²) in [5, 5.41) is 2.37. The number of hydrogen-bond acceptors (Lipinski definition) is 8. The highest BCUT2D eigenvalue weighted by Gasteiger charge is 2.09. The van der Waals surface area contributed by atoms with Gasteiger partial charge in [0.05, 0.1) is 58.9 Å². The van der Waals surface area contributed by atoms with Crippen LogP contribution in [0.5, 0.6) is 0 Å². The van der Waals surface area contributed by atoms with Crippen molar-refractivity contribution in [1.29, 1.82) is 0 Å². The van der Waals surface area contributed by atoms with Gasteiger partial charge in [-0.15, -0.1) is 0 Å². The minimum Gasteiger partial charge on any atom is -0.447 e. The lowest BCUT2D eigenvalue weighted by atomic mass is 10.1. The van der Waals surface area contributed by atoms with Crippen LogP contribution in [0.3, 0.4) is 0 Å². The molecule has 0 aromatic rings. The first-order valence-electron chi connectivity index (χ1n) is 9.53. The molecule has 0 unspecified atom stereocenters. The molecule has 0 aromatic heterocycles. The number of amides is 1. The van der Waals surface area contributed by atoms with Crippen LogP contribution in [0.15, 0.2) is 0 Å². The van der Waals surface area contributed by atoms with Crippen LogP contribution in [0, 0.1) is 5.92 Å². The maximum Gasteiger partial charge on any atom is 0.407 e. The molecule has 0 aliphatic rings. The van der Waals surface area contributed by atoms with Crippen molar-refractivity contribution in [1.82, 2.24) is 5.32 Å². The van der Waals surface area contributed by atoms with Crippen molar-refractivity contribution in [3.05, 3.63) is 0 Å². The van der Waals surface area contributed by atoms with Crippen molar-refractivity contribution >= 4 is 11.9 Å². The fourth-order valence-corrected chi connectivity index (χ4v) is 1.44. The van der Waals surface area contributed by atoms with Gasteiger partial charge in [-0.05, 0) is 13.8 Å². The highest BCUT2D eigenvalue weighted by molar-refractivity contribution is 5.85. The molecule has 0 saturated carbocycles. The largest absolute Gasteiger partial charge is 0.447 e. The third-order valence-corrected chi connectivity index (χ3v) is 3.05. The average molecular weight is 410 g/mol. The molecule has 0 bridgehead atoms. The van der Waals surface area contributed by atoms with E-state index in [1.165, 1.54) is 0 Å². The molecule has 0 aliphatic heterocycles. The van der Waals surface area contributed by atoms with E-state index in [4.69, 9.17) is 28.4 Å². The SMILES string of the molecule is COCCOCCOC(=O)NCC(=O)C(C)C.COCCOCCOC(C)C. The summed E-state index contributed by atoms with van der Waals surface area (Å²) in [6, 6.07) is 0. The first-order chi connectivity index (χ1) is 13.3. The van der Waals surface area contributed by atoms with Crippen LogP contribution in [0.2, 0.25) is 0 Å². The minimum absolute atomic E-state index is 0.00102. The predicted molar refractivity (Wildman–Crippen MR) is 106 cm³/mol. The van der Waals surface area contributed by atoms with Crippen molar-refractivity contribution in [2.45, 2.75) is 33.8 Å². The Balaban J connectivity index is 0. The van der Waals surface area contributed by atoms with E-state index >= 15 is 0 Å². The monoisotopic (exact) mass is 409 g/mol. The molecule has 28 heavy (non-hydrogen) atoms. The summed E-state index contributed by atoms with van der Waals surface area (Å²) in [5.74, 6) is -0.119. The first-order valence-corrected chi connectivity index (χ1v) is 9.53. The van der Waals surface area contributed by atoms with E-state index < -0.39 is 6.09 Å². The van der Waals surface area contributed by atoms with Crippen LogP contribution in [0.4, 0.5) is 4.79 Å². The summed E-state index contributed by atoms with van der Waals surface area (Å²) in [4.78, 5) is 22.3. The third-order valence-electron chi connectivity index (χ3n) is 3.05. The number of ketones is 1. The molecule has 0 aromatic carbocycles. The molecular weight excluding hydrogens is 370 g/mol. The molecule has 0 heterocycles. The lowest BCUT2D eigenvalue weighted by molar-refractivity contribution is -0.121. The second-order valence-corrected chi connectivity index (χ2v) is 6.24. The zero-order chi connectivity index (χ0) is 21.6. The van der Waals surface area contributed by atoms with Crippen molar-refractivity contribution < 1.29 is 38.0 Å². The zero-order valence-electron chi connectivity index (χ0n) is 18.3. The van der Waals surface area contributed by atoms with E-state index in [-0.39, 0.29) is 24.9 Å². The number of Topliss-reactive ketones (excluding diaryl/α,β-unsaturated/α-hetero) is 1. The zero-order valence-corrected chi connectivity index (χ0v) is 18.3. The number of rotatable bonds is 16. The van der Waals surface area contributed by atoms with E-state index in [1.807, 2.05) is 13.8 Å². The maximum atomic E-state index is 11.2. The Morgan fingerprint density at radius 1 is 0.750 bits per heavy atom. The van der Waals surface area contributed by atoms with Gasteiger partial charge in [0.25, 0.3) is 0 Å². The predicted octanol–water partition coefficient (Wildman–Crippen LogP) is 1.68. The second kappa shape index (κ2) is 22.0. The Labute approximate surface area is 169 Å². The van der Waals surface area contributed by atoms with E-state index in [1.54, 1.807) is 28.1 Å². The van der Waals surface area contributed by atoms with Crippen LogP contribution < -0.4 is 5.32 Å². The highest BCUT2D eigenvalue weighted by atomic mass is 16.6. The Hall–Kier alpha value is -1.26. The molecule has 0 saturated heterocycles. The summed E-state index contributed by atoms with van der Waals surface area (Å²) in [6.45, 7) is 11.6. The van der Waals surface area contributed by atoms with Crippen LogP contribution in [0.25, 0.3) is 0 Å². The highest BCUT2D eigenvalue weighted by Crippen LogP contribution is 1.92. The number of carbonyl (C=O) groups is 2. The molecule has 9 heteroatoms. The number of ether oxygens (including phenoxy) is 6. The van der Waals surface area contributed by atoms with E-state index in [0.29, 0.717) is 52.4 Å². The van der Waals surface area contributed by atoms with Gasteiger partial charge in [0.15, 0.2) is 5.78 Å². The molecule has 0 spiro atoms. The lowest BCUT2D eigenvalue weighted by Gasteiger charge is -2.08. The molecule has 0 aliphatic carbocycles. The minimum atomic E-state index is -0.602. The molecule has 0 fully saturated rings. The summed E-state index contributed by atoms with van der Waals surface area (Å²) in [7, 11) is 3.24. The number of nitrogens with one attached hydrogen (secondary N) is 1. The van der Waals surface area contributed by atoms with Gasteiger partial charge in [0.2, 0.25) is 0 Å². The van der Waals surface area contributed by atoms with Crippen molar-refractivity contribution in [3.63, 3.8) is 0 Å². The maximum absolute atomic E-state index is 11.2. The Kier molecular flexibility index (Phi) is 22.8. The van der Waals surface area contributed by atoms with E-state index in [9.17, 15) is 9.59 Å². The second-order valence-electron chi connectivity index (χ2n) is 6.24. The van der Waals surface area contributed by atoms with Crippen LogP contribution >= 0.6 is 0 Å². The summed E-state index contributed by atoms with van der Waals surface area (Å²) >= 11 is 0. The molecular formula is C19H39NO8. The number of carbonyl (C=O) groups excluding carboxylic acids is 2. The lowest BCUT2D eigenvalue weighted by Crippen LogP contribution is -2.32. The molecule has 1 amide bonds. The van der Waals surface area contributed by atoms with Gasteiger partial charge >= 0.3 is 6.09 Å². The van der Waals surface area contributed by atoms with Gasteiger partial charge in [-0.2, -0.15) is 0 Å². The van der Waals surface area contributed by atoms with Gasteiger partial charge in [-0.1, -0.05) is 13.8 Å². The fraction of sp³-hybridized carbons (Fsp3) is 0.895. The quantitative estimate of drug-likeness (QED) is 0.384. The Morgan fingerprint density at radius 2 is 1.25 bits per heavy atom. The summed E-state index contributed by atoms with van der Waals surface area (Å²) in [6.07, 6.45) is -0.310. The molecule has 0 rings (SSSR count). The Morgan fingerprint density at radius 3 is 1.71 bits per heavy atom. The van der Waals surface area contributed by atoms with Gasteiger partial charge in [0.1, 0.15) is 6.61 Å². The topological polar surface area (TPSA) is 102 Å². The van der Waals surface area contributed by atoms with Crippen LogP contribution in [-0.2, 0) is 33.2 Å². The Bertz CT molecular complexity index is 364. The van der Waals surface area contributed by atoms with Crippen molar-refractivity contribution in [2.24, 2.45) is 5.92 Å². The van der Waals surface area contributed by atoms with Crippen LogP contribution in [0.1, 0.15) is 27.7 Å². The van der Waals surface area contributed by atoms with E-state index in [2.05, 4.69) is 5.32 Å². The standard InChI is InChI=1S/C11H21NO5.C8H18O3/c1-9(2)10(13)8-12-11(14)17-7-6-16-5-4-15-3;1-8(2)11-7-6-10-5-4-9-3/h9H,4-8H2,1-3H3,(H,12,14);8H,4-7H2,1-3H3. The third kappa shape index (κ3) is 24.7.